The van der Waals surface area contributed by atoms with Crippen LogP contribution in [0.25, 0.3) is 22.3 Å². The Kier molecular flexibility index (Phi) is 3.51. The number of nitrogens with zero attached hydrogens (tertiary/aromatic N) is 2. The van der Waals surface area contributed by atoms with Crippen LogP contribution in [0.5, 0.6) is 0 Å². The average molecular weight is 397 g/mol. The Hall–Kier alpha value is -2.70. The van der Waals surface area contributed by atoms with Crippen LogP contribution in [0.4, 0.5) is 0 Å². The molecule has 142 valence electrons. The smallest absolute Gasteiger partial charge is 0.343 e. The van der Waals surface area contributed by atoms with Crippen LogP contribution in [-0.2, 0) is 28.3 Å². The number of esters is 1. The molecule has 0 saturated heterocycles. The number of aryl methyl sites for hydroxylation is 1. The van der Waals surface area contributed by atoms with Crippen molar-refractivity contribution in [3.8, 4) is 11.4 Å². The quantitative estimate of drug-likeness (QED) is 0.500. The summed E-state index contributed by atoms with van der Waals surface area (Å²) in [7, 11) is 0. The molecule has 2 aliphatic heterocycles. The summed E-state index contributed by atoms with van der Waals surface area (Å²) in [6.45, 7) is 3.87. The standard InChI is InChI=1S/C21H17ClN2O4/c1-3-21(27)14-7-16-18-11(6-12-15(22)5-4-10(2)17(12)23-18)8-24(16)19(25)13(14)9-28-20(21)26/h4-7,27H,3,8-9H2,1-2H3/t21-/m0/s1. The maximum atomic E-state index is 13.1. The van der Waals surface area contributed by atoms with Gasteiger partial charge in [-0.15, -0.1) is 0 Å². The molecule has 6 nitrogen and oxygen atoms in total. The summed E-state index contributed by atoms with van der Waals surface area (Å²) in [5, 5.41) is 12.3. The molecule has 4 heterocycles. The zero-order valence-corrected chi connectivity index (χ0v) is 16.1. The van der Waals surface area contributed by atoms with E-state index in [-0.39, 0.29) is 18.6 Å². The number of fused-ring (bicyclic) bond motifs is 5. The highest BCUT2D eigenvalue weighted by Crippen LogP contribution is 2.39. The third-order valence-corrected chi connectivity index (χ3v) is 6.16. The van der Waals surface area contributed by atoms with E-state index in [1.54, 1.807) is 17.6 Å². The Morgan fingerprint density at radius 3 is 2.86 bits per heavy atom. The fourth-order valence-electron chi connectivity index (χ4n) is 4.17. The van der Waals surface area contributed by atoms with Crippen LogP contribution in [0.3, 0.4) is 0 Å². The lowest BCUT2D eigenvalue weighted by Crippen LogP contribution is -2.44. The number of rotatable bonds is 1. The first kappa shape index (κ1) is 17.4. The summed E-state index contributed by atoms with van der Waals surface area (Å²) in [5.41, 5.74) is 2.46. The van der Waals surface area contributed by atoms with E-state index < -0.39 is 11.6 Å². The number of hydrogen-bond donors (Lipinski definition) is 1. The normalized spacial score (nSPS) is 19.9. The van der Waals surface area contributed by atoms with Gasteiger partial charge in [-0.25, -0.2) is 9.78 Å². The Bertz CT molecular complexity index is 1260. The molecule has 0 radical (unpaired) electrons. The molecule has 0 spiro atoms. The highest BCUT2D eigenvalue weighted by atomic mass is 35.5. The lowest BCUT2D eigenvalue weighted by atomic mass is 9.86. The summed E-state index contributed by atoms with van der Waals surface area (Å²) in [6.07, 6.45) is 0.119. The second-order valence-corrected chi connectivity index (χ2v) is 7.77. The van der Waals surface area contributed by atoms with E-state index in [9.17, 15) is 14.7 Å². The zero-order valence-electron chi connectivity index (χ0n) is 15.4. The van der Waals surface area contributed by atoms with Crippen LogP contribution in [0.1, 0.15) is 35.6 Å². The number of carbonyl (C=O) groups excluding carboxylic acids is 1. The predicted octanol–water partition coefficient (Wildman–Crippen LogP) is 3.04. The second kappa shape index (κ2) is 5.65. The van der Waals surface area contributed by atoms with Crippen LogP contribution in [0.2, 0.25) is 5.02 Å². The molecule has 28 heavy (non-hydrogen) atoms. The van der Waals surface area contributed by atoms with Crippen molar-refractivity contribution in [3.63, 3.8) is 0 Å². The highest BCUT2D eigenvalue weighted by molar-refractivity contribution is 6.35. The molecule has 0 amide bonds. The average Bonchev–Trinajstić information content (AvgIpc) is 3.05. The van der Waals surface area contributed by atoms with Crippen LogP contribution in [-0.4, -0.2) is 20.6 Å². The molecule has 3 aromatic rings. The predicted molar refractivity (Wildman–Crippen MR) is 104 cm³/mol. The molecule has 2 aromatic heterocycles. The van der Waals surface area contributed by atoms with E-state index in [4.69, 9.17) is 21.3 Å². The largest absolute Gasteiger partial charge is 0.458 e. The molecule has 0 saturated carbocycles. The maximum Gasteiger partial charge on any atom is 0.343 e. The summed E-state index contributed by atoms with van der Waals surface area (Å²) in [5.74, 6) is -0.723. The van der Waals surface area contributed by atoms with Gasteiger partial charge >= 0.3 is 5.97 Å². The van der Waals surface area contributed by atoms with Gasteiger partial charge in [-0.2, -0.15) is 0 Å². The number of carbonyl (C=O) groups is 1. The van der Waals surface area contributed by atoms with E-state index in [2.05, 4.69) is 0 Å². The molecule has 0 aliphatic carbocycles. The molecule has 1 aromatic carbocycles. The Morgan fingerprint density at radius 2 is 2.11 bits per heavy atom. The van der Waals surface area contributed by atoms with E-state index in [1.807, 2.05) is 25.1 Å². The number of benzene rings is 1. The number of ether oxygens (including phenoxy) is 1. The van der Waals surface area contributed by atoms with Gasteiger partial charge in [0.2, 0.25) is 0 Å². The summed E-state index contributed by atoms with van der Waals surface area (Å²) in [6, 6.07) is 7.42. The minimum atomic E-state index is -1.82. The first-order valence-electron chi connectivity index (χ1n) is 9.11. The molecule has 2 aliphatic rings. The minimum absolute atomic E-state index is 0.119. The van der Waals surface area contributed by atoms with Crippen LogP contribution < -0.4 is 5.56 Å². The van der Waals surface area contributed by atoms with E-state index in [1.165, 1.54) is 0 Å². The Balaban J connectivity index is 1.83. The van der Waals surface area contributed by atoms with Crippen molar-refractivity contribution in [2.24, 2.45) is 0 Å². The van der Waals surface area contributed by atoms with E-state index in [0.717, 1.165) is 22.0 Å². The molecule has 0 fully saturated rings. The van der Waals surface area contributed by atoms with E-state index >= 15 is 0 Å². The Morgan fingerprint density at radius 1 is 1.32 bits per heavy atom. The van der Waals surface area contributed by atoms with Crippen LogP contribution in [0, 0.1) is 6.92 Å². The van der Waals surface area contributed by atoms with Gasteiger partial charge in [-0.3, -0.25) is 4.79 Å². The van der Waals surface area contributed by atoms with Crippen LogP contribution >= 0.6 is 11.6 Å². The SMILES string of the molecule is CC[C@@]1(O)C(=O)OCc2c1cc1n(c2=O)Cc2cc3c(Cl)ccc(C)c3nc2-1. The molecule has 5 rings (SSSR count). The molecule has 1 N–H and O–H groups in total. The van der Waals surface area contributed by atoms with Gasteiger partial charge in [0.1, 0.15) is 6.61 Å². The van der Waals surface area contributed by atoms with Gasteiger partial charge in [0.25, 0.3) is 5.56 Å². The molecule has 7 heteroatoms. The summed E-state index contributed by atoms with van der Waals surface area (Å²) in [4.78, 5) is 30.1. The third kappa shape index (κ3) is 2.10. The third-order valence-electron chi connectivity index (χ3n) is 5.83. The topological polar surface area (TPSA) is 81.4 Å². The highest BCUT2D eigenvalue weighted by Gasteiger charge is 2.45. The minimum Gasteiger partial charge on any atom is -0.458 e. The Labute approximate surface area is 165 Å². The number of pyridine rings is 2. The number of cyclic esters (lactones) is 1. The van der Waals surface area contributed by atoms with Crippen molar-refractivity contribution < 1.29 is 14.6 Å². The maximum absolute atomic E-state index is 13.1. The first-order chi connectivity index (χ1) is 13.3. The van der Waals surface area contributed by atoms with Crippen molar-refractivity contribution in [1.29, 1.82) is 0 Å². The summed E-state index contributed by atoms with van der Waals surface area (Å²) >= 11 is 6.35. The fraction of sp³-hybridized carbons (Fsp3) is 0.286. The second-order valence-electron chi connectivity index (χ2n) is 7.36. The van der Waals surface area contributed by atoms with Crippen molar-refractivity contribution >= 4 is 28.5 Å². The van der Waals surface area contributed by atoms with Gasteiger partial charge < -0.3 is 14.4 Å². The number of halogens is 1. The lowest BCUT2D eigenvalue weighted by Gasteiger charge is -2.31. The van der Waals surface area contributed by atoms with Gasteiger partial charge in [0, 0.05) is 21.5 Å². The van der Waals surface area contributed by atoms with Gasteiger partial charge in [-0.05, 0) is 37.1 Å². The van der Waals surface area contributed by atoms with Gasteiger partial charge in [-0.1, -0.05) is 24.6 Å². The molecule has 0 unspecified atom stereocenters. The zero-order chi connectivity index (χ0) is 19.8. The molecule has 0 bridgehead atoms. The van der Waals surface area contributed by atoms with Crippen molar-refractivity contribution in [2.45, 2.75) is 39.0 Å². The van der Waals surface area contributed by atoms with Crippen molar-refractivity contribution in [2.75, 3.05) is 0 Å². The molecular weight excluding hydrogens is 380 g/mol. The first-order valence-corrected chi connectivity index (χ1v) is 9.49. The lowest BCUT2D eigenvalue weighted by molar-refractivity contribution is -0.172. The number of aromatic nitrogens is 2. The van der Waals surface area contributed by atoms with E-state index in [0.29, 0.717) is 34.1 Å². The molecular formula is C21H17ClN2O4. The van der Waals surface area contributed by atoms with Crippen LogP contribution in [0.15, 0.2) is 29.1 Å². The van der Waals surface area contributed by atoms with Crippen molar-refractivity contribution in [1.82, 2.24) is 9.55 Å². The molecule has 1 atom stereocenters. The number of aliphatic hydroxyl groups is 1. The monoisotopic (exact) mass is 396 g/mol. The van der Waals surface area contributed by atoms with Gasteiger partial charge in [0.05, 0.1) is 29.0 Å². The number of hydrogen-bond acceptors (Lipinski definition) is 5. The fourth-order valence-corrected chi connectivity index (χ4v) is 4.38. The van der Waals surface area contributed by atoms with Crippen molar-refractivity contribution in [3.05, 3.63) is 61.9 Å². The van der Waals surface area contributed by atoms with Gasteiger partial charge in [0.15, 0.2) is 5.60 Å². The summed E-state index contributed by atoms with van der Waals surface area (Å²) < 4.78 is 6.71.